The summed E-state index contributed by atoms with van der Waals surface area (Å²) in [6.07, 6.45) is 9.50. The molecule has 0 amide bonds. The van der Waals surface area contributed by atoms with Crippen molar-refractivity contribution in [3.05, 3.63) is 206 Å². The molecule has 12 aromatic rings. The van der Waals surface area contributed by atoms with Gasteiger partial charge in [-0.3, -0.25) is 0 Å². The Kier molecular flexibility index (Phi) is 11.5. The molecule has 8 aromatic carbocycles. The Hall–Kier alpha value is -7.56. The van der Waals surface area contributed by atoms with Gasteiger partial charge >= 0.3 is 0 Å². The summed E-state index contributed by atoms with van der Waals surface area (Å²) in [4.78, 5) is 0. The second kappa shape index (κ2) is 18.6. The molecule has 12 rings (SSSR count). The third kappa shape index (κ3) is 7.88. The molecule has 4 heteroatoms. The fourth-order valence-corrected chi connectivity index (χ4v) is 11.3. The van der Waals surface area contributed by atoms with Crippen molar-refractivity contribution in [1.82, 2.24) is 18.3 Å². The van der Waals surface area contributed by atoms with Crippen LogP contribution in [0.4, 0.5) is 0 Å². The van der Waals surface area contributed by atoms with Crippen molar-refractivity contribution in [2.75, 3.05) is 0 Å². The Morgan fingerprint density at radius 1 is 0.221 bits per heavy atom. The van der Waals surface area contributed by atoms with E-state index in [1.165, 1.54) is 138 Å². The lowest BCUT2D eigenvalue weighted by atomic mass is 10.0. The molecule has 4 heterocycles. The van der Waals surface area contributed by atoms with E-state index in [1.807, 2.05) is 0 Å². The average Bonchev–Trinajstić information content (AvgIpc) is 4.14. The number of rotatable bonds is 17. The van der Waals surface area contributed by atoms with Gasteiger partial charge in [0.2, 0.25) is 0 Å². The van der Waals surface area contributed by atoms with Crippen molar-refractivity contribution in [2.45, 2.75) is 77.5 Å². The van der Waals surface area contributed by atoms with Gasteiger partial charge in [-0.15, -0.1) is 0 Å². The molecule has 0 atom stereocenters. The number of benzene rings is 8. The van der Waals surface area contributed by atoms with Crippen LogP contribution in [-0.4, -0.2) is 18.3 Å². The summed E-state index contributed by atoms with van der Waals surface area (Å²) in [5, 5.41) is 8.00. The minimum absolute atomic E-state index is 1.02. The largest absolute Gasteiger partial charge is 0.340 e. The van der Waals surface area contributed by atoms with E-state index >= 15 is 0 Å². The molecular weight excluding hydrogens is 825 g/mol. The highest BCUT2D eigenvalue weighted by molar-refractivity contribution is 6.11. The lowest BCUT2D eigenvalue weighted by Gasteiger charge is -2.12. The molecular formula is C64H58N4. The second-order valence-electron chi connectivity index (χ2n) is 18.8. The van der Waals surface area contributed by atoms with Crippen LogP contribution in [0.2, 0.25) is 0 Å². The van der Waals surface area contributed by atoms with Crippen LogP contribution in [0.5, 0.6) is 0 Å². The molecule has 0 N–H and O–H groups in total. The lowest BCUT2D eigenvalue weighted by molar-refractivity contribution is 0.556. The monoisotopic (exact) mass is 882 g/mol. The minimum atomic E-state index is 1.02. The molecule has 4 aromatic heterocycles. The Morgan fingerprint density at radius 3 is 0.985 bits per heavy atom. The Morgan fingerprint density at radius 2 is 0.559 bits per heavy atom. The number of fused-ring (bicyclic) bond motifs is 8. The van der Waals surface area contributed by atoms with E-state index in [9.17, 15) is 0 Å². The van der Waals surface area contributed by atoms with Crippen LogP contribution in [0.3, 0.4) is 0 Å². The van der Waals surface area contributed by atoms with E-state index in [0.717, 1.165) is 39.0 Å². The first kappa shape index (κ1) is 41.8. The first-order valence-corrected chi connectivity index (χ1v) is 25.1. The smallest absolute Gasteiger partial charge is 0.0491 e. The summed E-state index contributed by atoms with van der Waals surface area (Å²) in [5.41, 5.74) is 15.7. The normalized spacial score (nSPS) is 11.9. The zero-order valence-electron chi connectivity index (χ0n) is 38.9. The summed E-state index contributed by atoms with van der Waals surface area (Å²) in [7, 11) is 0. The number of para-hydroxylation sites is 4. The van der Waals surface area contributed by atoms with Crippen molar-refractivity contribution >= 4 is 65.4 Å². The summed E-state index contributed by atoms with van der Waals surface area (Å²) in [6.45, 7) is 4.12. The quantitative estimate of drug-likeness (QED) is 0.0812. The van der Waals surface area contributed by atoms with Crippen molar-refractivity contribution in [3.8, 4) is 33.6 Å². The van der Waals surface area contributed by atoms with Gasteiger partial charge < -0.3 is 18.3 Å². The van der Waals surface area contributed by atoms with Gasteiger partial charge in [0.15, 0.2) is 0 Å². The van der Waals surface area contributed by atoms with Gasteiger partial charge in [0, 0.05) is 103 Å². The molecule has 0 saturated carbocycles. The average molecular weight is 883 g/mol. The van der Waals surface area contributed by atoms with Gasteiger partial charge in [0.05, 0.1) is 0 Å². The third-order valence-electron chi connectivity index (χ3n) is 14.7. The lowest BCUT2D eigenvalue weighted by Crippen LogP contribution is -2.01. The van der Waals surface area contributed by atoms with Gasteiger partial charge in [-0.05, 0) is 109 Å². The summed E-state index contributed by atoms with van der Waals surface area (Å²) < 4.78 is 10.2. The van der Waals surface area contributed by atoms with Crippen molar-refractivity contribution < 1.29 is 0 Å². The predicted octanol–water partition coefficient (Wildman–Crippen LogP) is 17.3. The van der Waals surface area contributed by atoms with Crippen LogP contribution in [0.15, 0.2) is 206 Å². The predicted molar refractivity (Wildman–Crippen MR) is 290 cm³/mol. The number of unbranched alkanes of at least 4 members (excludes halogenated alkanes) is 6. The van der Waals surface area contributed by atoms with E-state index in [2.05, 4.69) is 225 Å². The highest BCUT2D eigenvalue weighted by atomic mass is 15.0. The van der Waals surface area contributed by atoms with Gasteiger partial charge in [-0.2, -0.15) is 0 Å². The number of hydrogen-bond acceptors (Lipinski definition) is 0. The molecule has 0 unspecified atom stereocenters. The zero-order chi connectivity index (χ0) is 45.2. The van der Waals surface area contributed by atoms with E-state index in [-0.39, 0.29) is 0 Å². The van der Waals surface area contributed by atoms with Crippen molar-refractivity contribution in [2.24, 2.45) is 0 Å². The standard InChI is InChI=1S/C64H58N4/c1(19-39-65-57-31-15-11-27-51(57)45-63(65)47-23-7-5-8-24-47)3-21-41-67-59-33-17-13-29-53(59)55-43-49(35-37-61(55)67)50-36-38-62-56(44-50)54-30-14-18-34-60(54)68(62)42-22-4-2-20-40-66-58-32-16-12-28-52(58)46-64(66)48-25-9-6-10-26-48/h5-18,23-38,43-46H,1-4,19-22,39-42H2. The number of hydrogen-bond donors (Lipinski definition) is 0. The van der Waals surface area contributed by atoms with Gasteiger partial charge in [0.1, 0.15) is 0 Å². The number of aryl methyl sites for hydroxylation is 4. The Bertz CT molecular complexity index is 3450. The van der Waals surface area contributed by atoms with Crippen molar-refractivity contribution in [1.29, 1.82) is 0 Å². The van der Waals surface area contributed by atoms with Crippen LogP contribution in [0, 0.1) is 0 Å². The van der Waals surface area contributed by atoms with Crippen LogP contribution in [0.25, 0.3) is 99.1 Å². The van der Waals surface area contributed by atoms with E-state index in [0.29, 0.717) is 0 Å². The van der Waals surface area contributed by atoms with Crippen molar-refractivity contribution in [3.63, 3.8) is 0 Å². The Balaban J connectivity index is 0.723. The van der Waals surface area contributed by atoms with Gasteiger partial charge in [0.25, 0.3) is 0 Å². The van der Waals surface area contributed by atoms with Gasteiger partial charge in [-0.25, -0.2) is 0 Å². The van der Waals surface area contributed by atoms with Crippen LogP contribution in [0.1, 0.15) is 51.4 Å². The third-order valence-corrected chi connectivity index (χ3v) is 14.7. The van der Waals surface area contributed by atoms with E-state index in [4.69, 9.17) is 0 Å². The molecule has 0 aliphatic heterocycles. The summed E-state index contributed by atoms with van der Waals surface area (Å²) in [6, 6.07) is 76.4. The van der Waals surface area contributed by atoms with E-state index in [1.54, 1.807) is 0 Å². The van der Waals surface area contributed by atoms with Crippen LogP contribution < -0.4 is 0 Å². The Labute approximate surface area is 399 Å². The molecule has 334 valence electrons. The molecule has 0 aliphatic carbocycles. The molecule has 0 radical (unpaired) electrons. The topological polar surface area (TPSA) is 19.7 Å². The summed E-state index contributed by atoms with van der Waals surface area (Å²) in [5.74, 6) is 0. The van der Waals surface area contributed by atoms with Crippen LogP contribution >= 0.6 is 0 Å². The first-order chi connectivity index (χ1) is 33.8. The fraction of sp³-hybridized carbons (Fsp3) is 0.188. The molecule has 0 bridgehead atoms. The maximum atomic E-state index is 2.57. The maximum absolute atomic E-state index is 2.57. The molecule has 0 spiro atoms. The number of aromatic nitrogens is 4. The van der Waals surface area contributed by atoms with Crippen LogP contribution in [-0.2, 0) is 26.2 Å². The molecule has 0 aliphatic rings. The number of nitrogens with zero attached hydrogens (tertiary/aromatic N) is 4. The second-order valence-corrected chi connectivity index (χ2v) is 18.8. The highest BCUT2D eigenvalue weighted by Crippen LogP contribution is 2.37. The fourth-order valence-electron chi connectivity index (χ4n) is 11.3. The van der Waals surface area contributed by atoms with E-state index < -0.39 is 0 Å². The van der Waals surface area contributed by atoms with Gasteiger partial charge in [-0.1, -0.05) is 171 Å². The SMILES string of the molecule is c1ccc(-c2cc3ccccc3n2CCCCCCn2c3ccccc3c3cc(-c4ccc5c(c4)c4ccccc4n5CCCCCCn4c(-c5ccccc5)cc5ccccc54)ccc32)cc1. The molecule has 4 nitrogen and oxygen atoms in total. The molecule has 0 saturated heterocycles. The molecule has 68 heavy (non-hydrogen) atoms. The zero-order valence-corrected chi connectivity index (χ0v) is 38.9. The first-order valence-electron chi connectivity index (χ1n) is 25.1. The minimum Gasteiger partial charge on any atom is -0.340 e. The summed E-state index contributed by atoms with van der Waals surface area (Å²) >= 11 is 0. The maximum Gasteiger partial charge on any atom is 0.0491 e. The highest BCUT2D eigenvalue weighted by Gasteiger charge is 2.16. The molecule has 0 fully saturated rings.